The molecule has 0 bridgehead atoms. The zero-order chi connectivity index (χ0) is 15.1. The fourth-order valence-corrected chi connectivity index (χ4v) is 2.91. The SMILES string of the molecule is Cc1ccc2nc(-[n+]3cc4ccccc4cc3C)ccc2c1. The third-order valence-corrected chi connectivity index (χ3v) is 4.09. The molecular formula is C20H17N2+. The molecule has 0 aliphatic heterocycles. The van der Waals surface area contributed by atoms with Crippen molar-refractivity contribution in [2.75, 3.05) is 0 Å². The van der Waals surface area contributed by atoms with E-state index in [4.69, 9.17) is 4.98 Å². The first kappa shape index (κ1) is 13.0. The molecule has 2 nitrogen and oxygen atoms in total. The van der Waals surface area contributed by atoms with Crippen LogP contribution in [-0.2, 0) is 0 Å². The summed E-state index contributed by atoms with van der Waals surface area (Å²) >= 11 is 0. The van der Waals surface area contributed by atoms with Crippen molar-refractivity contribution in [1.82, 2.24) is 4.98 Å². The lowest BCUT2D eigenvalue weighted by atomic mass is 10.1. The van der Waals surface area contributed by atoms with Crippen LogP contribution in [0, 0.1) is 13.8 Å². The summed E-state index contributed by atoms with van der Waals surface area (Å²) < 4.78 is 2.15. The van der Waals surface area contributed by atoms with Crippen molar-refractivity contribution in [1.29, 1.82) is 0 Å². The van der Waals surface area contributed by atoms with E-state index in [0.29, 0.717) is 0 Å². The van der Waals surface area contributed by atoms with Gasteiger partial charge in [0.15, 0.2) is 5.52 Å². The van der Waals surface area contributed by atoms with Crippen LogP contribution < -0.4 is 4.57 Å². The minimum Gasteiger partial charge on any atom is -0.200 e. The number of hydrogen-bond acceptors (Lipinski definition) is 1. The molecule has 0 saturated heterocycles. The fourth-order valence-electron chi connectivity index (χ4n) is 2.91. The Balaban J connectivity index is 1.94. The van der Waals surface area contributed by atoms with Crippen LogP contribution in [0.3, 0.4) is 0 Å². The van der Waals surface area contributed by atoms with Crippen molar-refractivity contribution >= 4 is 21.7 Å². The van der Waals surface area contributed by atoms with E-state index in [0.717, 1.165) is 11.3 Å². The van der Waals surface area contributed by atoms with E-state index < -0.39 is 0 Å². The molecule has 0 aliphatic carbocycles. The van der Waals surface area contributed by atoms with Crippen LogP contribution in [0.4, 0.5) is 0 Å². The highest BCUT2D eigenvalue weighted by Crippen LogP contribution is 2.17. The Morgan fingerprint density at radius 1 is 0.773 bits per heavy atom. The maximum Gasteiger partial charge on any atom is 0.328 e. The number of hydrogen-bond donors (Lipinski definition) is 0. The minimum atomic E-state index is 0.958. The quantitative estimate of drug-likeness (QED) is 0.477. The average molecular weight is 285 g/mol. The monoisotopic (exact) mass is 285 g/mol. The summed E-state index contributed by atoms with van der Waals surface area (Å²) in [4.78, 5) is 4.82. The maximum absolute atomic E-state index is 4.82. The highest BCUT2D eigenvalue weighted by molar-refractivity contribution is 5.81. The van der Waals surface area contributed by atoms with Gasteiger partial charge in [0.2, 0.25) is 0 Å². The number of pyridine rings is 2. The molecule has 0 radical (unpaired) electrons. The zero-order valence-corrected chi connectivity index (χ0v) is 12.7. The van der Waals surface area contributed by atoms with Crippen molar-refractivity contribution in [2.24, 2.45) is 0 Å². The molecule has 2 aromatic heterocycles. The van der Waals surface area contributed by atoms with Crippen LogP contribution in [0.5, 0.6) is 0 Å². The maximum atomic E-state index is 4.82. The van der Waals surface area contributed by atoms with Crippen molar-refractivity contribution in [2.45, 2.75) is 13.8 Å². The van der Waals surface area contributed by atoms with E-state index in [9.17, 15) is 0 Å². The van der Waals surface area contributed by atoms with E-state index in [1.54, 1.807) is 0 Å². The smallest absolute Gasteiger partial charge is 0.200 e. The Hall–Kier alpha value is -2.74. The molecular weight excluding hydrogens is 268 g/mol. The summed E-state index contributed by atoms with van der Waals surface area (Å²) in [6.07, 6.45) is 2.16. The van der Waals surface area contributed by atoms with E-state index in [-0.39, 0.29) is 0 Å². The van der Waals surface area contributed by atoms with Gasteiger partial charge in [-0.15, -0.1) is 0 Å². The Morgan fingerprint density at radius 3 is 2.45 bits per heavy atom. The molecule has 0 saturated carbocycles. The predicted octanol–water partition coefficient (Wildman–Crippen LogP) is 4.28. The molecule has 106 valence electrons. The summed E-state index contributed by atoms with van der Waals surface area (Å²) in [6, 6.07) is 21.2. The van der Waals surface area contributed by atoms with Gasteiger partial charge in [-0.2, -0.15) is 0 Å². The minimum absolute atomic E-state index is 0.958. The molecule has 0 fully saturated rings. The summed E-state index contributed by atoms with van der Waals surface area (Å²) in [7, 11) is 0. The number of fused-ring (bicyclic) bond motifs is 2. The van der Waals surface area contributed by atoms with Crippen molar-refractivity contribution in [3.63, 3.8) is 0 Å². The van der Waals surface area contributed by atoms with Crippen molar-refractivity contribution < 1.29 is 4.57 Å². The summed E-state index contributed by atoms with van der Waals surface area (Å²) in [5.74, 6) is 0.958. The molecule has 2 heterocycles. The normalized spacial score (nSPS) is 11.2. The van der Waals surface area contributed by atoms with E-state index in [2.05, 4.69) is 85.3 Å². The lowest BCUT2D eigenvalue weighted by Gasteiger charge is -2.04. The van der Waals surface area contributed by atoms with Crippen LogP contribution in [-0.4, -0.2) is 4.98 Å². The van der Waals surface area contributed by atoms with Gasteiger partial charge in [-0.3, -0.25) is 0 Å². The second-order valence-electron chi connectivity index (χ2n) is 5.78. The molecule has 22 heavy (non-hydrogen) atoms. The van der Waals surface area contributed by atoms with Gasteiger partial charge < -0.3 is 0 Å². The molecule has 0 atom stereocenters. The molecule has 2 aromatic carbocycles. The Labute approximate surface area is 129 Å². The van der Waals surface area contributed by atoms with Gasteiger partial charge in [0.25, 0.3) is 0 Å². The van der Waals surface area contributed by atoms with Crippen LogP contribution in [0.1, 0.15) is 11.3 Å². The van der Waals surface area contributed by atoms with Gasteiger partial charge >= 0.3 is 5.82 Å². The highest BCUT2D eigenvalue weighted by Gasteiger charge is 2.13. The van der Waals surface area contributed by atoms with E-state index in [1.807, 2.05) is 0 Å². The third kappa shape index (κ3) is 2.13. The van der Waals surface area contributed by atoms with Crippen molar-refractivity contribution in [3.8, 4) is 5.82 Å². The van der Waals surface area contributed by atoms with Gasteiger partial charge in [0.05, 0.1) is 0 Å². The largest absolute Gasteiger partial charge is 0.328 e. The van der Waals surface area contributed by atoms with Crippen LogP contribution >= 0.6 is 0 Å². The number of benzene rings is 2. The van der Waals surface area contributed by atoms with Gasteiger partial charge in [-0.05, 0) is 48.5 Å². The lowest BCUT2D eigenvalue weighted by molar-refractivity contribution is -0.604. The summed E-state index contributed by atoms with van der Waals surface area (Å²) in [5.41, 5.74) is 3.47. The molecule has 0 amide bonds. The molecule has 0 spiro atoms. The highest BCUT2D eigenvalue weighted by atomic mass is 15.0. The van der Waals surface area contributed by atoms with Gasteiger partial charge in [-0.25, -0.2) is 4.57 Å². The number of aromatic nitrogens is 2. The first-order valence-electron chi connectivity index (χ1n) is 7.49. The number of rotatable bonds is 1. The predicted molar refractivity (Wildman–Crippen MR) is 90.3 cm³/mol. The van der Waals surface area contributed by atoms with Crippen LogP contribution in [0.2, 0.25) is 0 Å². The molecule has 0 unspecified atom stereocenters. The zero-order valence-electron chi connectivity index (χ0n) is 12.7. The van der Waals surface area contributed by atoms with Crippen LogP contribution in [0.15, 0.2) is 66.9 Å². The molecule has 4 rings (SSSR count). The molecule has 0 aliphatic rings. The number of aryl methyl sites for hydroxylation is 2. The Kier molecular flexibility index (Phi) is 2.90. The molecule has 4 aromatic rings. The topological polar surface area (TPSA) is 16.8 Å². The Morgan fingerprint density at radius 2 is 1.59 bits per heavy atom. The second-order valence-corrected chi connectivity index (χ2v) is 5.78. The second kappa shape index (κ2) is 4.92. The molecule has 0 N–H and O–H groups in total. The average Bonchev–Trinajstić information content (AvgIpc) is 2.54. The number of nitrogens with zero attached hydrogens (tertiary/aromatic N) is 2. The Bertz CT molecular complexity index is 1000. The lowest BCUT2D eigenvalue weighted by Crippen LogP contribution is -2.34. The van der Waals surface area contributed by atoms with Gasteiger partial charge in [-0.1, -0.05) is 35.9 Å². The molecule has 2 heteroatoms. The van der Waals surface area contributed by atoms with Gasteiger partial charge in [0.1, 0.15) is 11.9 Å². The summed E-state index contributed by atoms with van der Waals surface area (Å²) in [5, 5.41) is 3.66. The standard InChI is InChI=1S/C20H17N2/c1-14-7-9-19-17(11-14)8-10-20(21-19)22-13-18-6-4-3-5-16(18)12-15(22)2/h3-13H,1-2H3/q+1. The fraction of sp³-hybridized carbons (Fsp3) is 0.100. The van der Waals surface area contributed by atoms with Gasteiger partial charge in [0, 0.05) is 16.8 Å². The first-order valence-corrected chi connectivity index (χ1v) is 7.49. The third-order valence-electron chi connectivity index (χ3n) is 4.09. The van der Waals surface area contributed by atoms with Crippen molar-refractivity contribution in [3.05, 3.63) is 78.1 Å². The summed E-state index contributed by atoms with van der Waals surface area (Å²) in [6.45, 7) is 4.23. The van der Waals surface area contributed by atoms with E-state index >= 15 is 0 Å². The first-order chi connectivity index (χ1) is 10.7. The van der Waals surface area contributed by atoms with Crippen LogP contribution in [0.25, 0.3) is 27.5 Å². The van der Waals surface area contributed by atoms with E-state index in [1.165, 1.54) is 27.4 Å².